The van der Waals surface area contributed by atoms with Crippen molar-refractivity contribution in [2.45, 2.75) is 12.6 Å². The quantitative estimate of drug-likeness (QED) is 0.616. The van der Waals surface area contributed by atoms with Crippen LogP contribution >= 0.6 is 0 Å². The normalized spacial score (nSPS) is 17.5. The van der Waals surface area contributed by atoms with Crippen LogP contribution in [0.3, 0.4) is 0 Å². The van der Waals surface area contributed by atoms with Crippen LogP contribution in [0.25, 0.3) is 0 Å². The van der Waals surface area contributed by atoms with E-state index in [-0.39, 0.29) is 5.97 Å². The van der Waals surface area contributed by atoms with Crippen molar-refractivity contribution in [2.24, 2.45) is 4.99 Å². The van der Waals surface area contributed by atoms with Crippen LogP contribution in [0, 0.1) is 0 Å². The van der Waals surface area contributed by atoms with Crippen LogP contribution in [0.5, 0.6) is 0 Å². The van der Waals surface area contributed by atoms with Crippen molar-refractivity contribution >= 4 is 11.8 Å². The Hall–Kier alpha value is -2.70. The number of nitrogens with zero attached hydrogens (tertiary/aromatic N) is 2. The van der Waals surface area contributed by atoms with E-state index in [2.05, 4.69) is 27.3 Å². The lowest BCUT2D eigenvalue weighted by Gasteiger charge is -2.33. The van der Waals surface area contributed by atoms with Crippen molar-refractivity contribution in [1.82, 2.24) is 10.2 Å². The molecule has 1 fully saturated rings. The summed E-state index contributed by atoms with van der Waals surface area (Å²) in [5.41, 5.74) is 3.30. The molecule has 0 aromatic heterocycles. The molecule has 1 atom stereocenters. The summed E-state index contributed by atoms with van der Waals surface area (Å²) in [5, 5.41) is 3.29. The number of carbonyl (C=O) groups is 1. The van der Waals surface area contributed by atoms with Crippen LogP contribution < -0.4 is 5.32 Å². The van der Waals surface area contributed by atoms with Crippen molar-refractivity contribution in [3.63, 3.8) is 0 Å². The van der Waals surface area contributed by atoms with E-state index >= 15 is 0 Å². The molecule has 0 radical (unpaired) electrons. The Kier molecular flexibility index (Phi) is 5.99. The maximum atomic E-state index is 12.9. The highest BCUT2D eigenvalue weighted by atomic mass is 16.5. The smallest absolute Gasteiger partial charge is 0.328 e. The minimum Gasteiger partial charge on any atom is -0.462 e. The van der Waals surface area contributed by atoms with Gasteiger partial charge < -0.3 is 14.8 Å². The van der Waals surface area contributed by atoms with Crippen molar-refractivity contribution in [1.29, 1.82) is 0 Å². The van der Waals surface area contributed by atoms with E-state index in [1.807, 2.05) is 42.5 Å². The molecule has 2 heterocycles. The molecule has 4 rings (SSSR count). The third kappa shape index (κ3) is 4.24. The van der Waals surface area contributed by atoms with Gasteiger partial charge in [0.15, 0.2) is 0 Å². The molecule has 1 unspecified atom stereocenters. The Morgan fingerprint density at radius 3 is 2.68 bits per heavy atom. The Morgan fingerprint density at radius 2 is 1.86 bits per heavy atom. The highest BCUT2D eigenvalue weighted by Gasteiger charge is 2.30. The number of benzene rings is 2. The summed E-state index contributed by atoms with van der Waals surface area (Å²) in [5.74, 6) is 0.656. The molecule has 1 saturated heterocycles. The largest absolute Gasteiger partial charge is 0.462 e. The molecule has 0 saturated carbocycles. The number of carbonyl (C=O) groups excluding carboxylic acids is 1. The van der Waals surface area contributed by atoms with Gasteiger partial charge in [-0.2, -0.15) is 0 Å². The molecule has 0 bridgehead atoms. The standard InChI is InChI=1S/C22H25N3O3/c26-22(20(17-6-2-1-3-7-17)25-11-14-27-15-12-25)28-13-10-23-21-19-9-5-4-8-18(19)16-24-21/h1-9,20H,10-16H2,(H,23,24). The van der Waals surface area contributed by atoms with Gasteiger partial charge in [-0.3, -0.25) is 9.89 Å². The molecule has 0 aliphatic carbocycles. The van der Waals surface area contributed by atoms with Gasteiger partial charge >= 0.3 is 5.97 Å². The summed E-state index contributed by atoms with van der Waals surface area (Å²) in [4.78, 5) is 19.5. The van der Waals surface area contributed by atoms with E-state index in [1.54, 1.807) is 0 Å². The summed E-state index contributed by atoms with van der Waals surface area (Å²) in [6, 6.07) is 17.6. The predicted molar refractivity (Wildman–Crippen MR) is 107 cm³/mol. The van der Waals surface area contributed by atoms with Crippen LogP contribution in [-0.2, 0) is 20.8 Å². The van der Waals surface area contributed by atoms with Crippen LogP contribution in [-0.4, -0.2) is 56.2 Å². The molecule has 1 N–H and O–H groups in total. The van der Waals surface area contributed by atoms with E-state index in [9.17, 15) is 4.79 Å². The van der Waals surface area contributed by atoms with Gasteiger partial charge in [0.1, 0.15) is 18.5 Å². The third-order valence-electron chi connectivity index (χ3n) is 5.07. The summed E-state index contributed by atoms with van der Waals surface area (Å²) in [7, 11) is 0. The van der Waals surface area contributed by atoms with Crippen LogP contribution in [0.1, 0.15) is 22.7 Å². The number of aliphatic imine (C=N–C) groups is 1. The molecule has 2 aromatic rings. The SMILES string of the molecule is O=C(OCCNC1=NCc2ccccc21)C(c1ccccc1)N1CCOCC1. The zero-order valence-electron chi connectivity index (χ0n) is 15.8. The molecule has 2 aliphatic rings. The van der Waals surface area contributed by atoms with Crippen molar-refractivity contribution in [3.05, 3.63) is 71.3 Å². The molecular weight excluding hydrogens is 354 g/mol. The minimum absolute atomic E-state index is 0.219. The number of amidine groups is 1. The van der Waals surface area contributed by atoms with E-state index in [4.69, 9.17) is 9.47 Å². The van der Waals surface area contributed by atoms with Crippen LogP contribution in [0.15, 0.2) is 59.6 Å². The first kappa shape index (κ1) is 18.7. The molecule has 2 aliphatic heterocycles. The minimum atomic E-state index is -0.394. The highest BCUT2D eigenvalue weighted by molar-refractivity contribution is 6.01. The number of ether oxygens (including phenoxy) is 2. The Bertz CT molecular complexity index is 832. The van der Waals surface area contributed by atoms with Crippen LogP contribution in [0.2, 0.25) is 0 Å². The second-order valence-electron chi connectivity index (χ2n) is 6.88. The van der Waals surface area contributed by atoms with Gasteiger partial charge in [-0.15, -0.1) is 0 Å². The Balaban J connectivity index is 1.33. The average molecular weight is 379 g/mol. The zero-order chi connectivity index (χ0) is 19.2. The number of esters is 1. The fourth-order valence-electron chi connectivity index (χ4n) is 3.66. The topological polar surface area (TPSA) is 63.2 Å². The van der Waals surface area contributed by atoms with Gasteiger partial charge in [0.2, 0.25) is 0 Å². The summed E-state index contributed by atoms with van der Waals surface area (Å²) in [6.45, 7) is 4.25. The number of morpholine rings is 1. The first-order chi connectivity index (χ1) is 13.8. The van der Waals surface area contributed by atoms with E-state index in [0.717, 1.165) is 30.1 Å². The van der Waals surface area contributed by atoms with E-state index in [0.29, 0.717) is 32.9 Å². The fourth-order valence-corrected chi connectivity index (χ4v) is 3.66. The molecule has 146 valence electrons. The van der Waals surface area contributed by atoms with Gasteiger partial charge in [0, 0.05) is 18.7 Å². The van der Waals surface area contributed by atoms with Gasteiger partial charge in [0.05, 0.1) is 26.3 Å². The van der Waals surface area contributed by atoms with E-state index in [1.165, 1.54) is 5.56 Å². The van der Waals surface area contributed by atoms with Crippen molar-refractivity contribution in [3.8, 4) is 0 Å². The highest BCUT2D eigenvalue weighted by Crippen LogP contribution is 2.23. The molecular formula is C22H25N3O3. The Morgan fingerprint density at radius 1 is 1.11 bits per heavy atom. The van der Waals surface area contributed by atoms with Gasteiger partial charge in [-0.05, 0) is 11.1 Å². The fraction of sp³-hybridized carbons (Fsp3) is 0.364. The molecule has 0 amide bonds. The average Bonchev–Trinajstić information content (AvgIpc) is 3.16. The summed E-state index contributed by atoms with van der Waals surface area (Å²) >= 11 is 0. The lowest BCUT2D eigenvalue weighted by atomic mass is 10.1. The molecule has 6 nitrogen and oxygen atoms in total. The van der Waals surface area contributed by atoms with Gasteiger partial charge in [-0.25, -0.2) is 4.79 Å². The van der Waals surface area contributed by atoms with Gasteiger partial charge in [0.25, 0.3) is 0 Å². The first-order valence-corrected chi connectivity index (χ1v) is 9.73. The number of nitrogens with one attached hydrogen (secondary N) is 1. The van der Waals surface area contributed by atoms with Crippen molar-refractivity contribution in [2.75, 3.05) is 39.5 Å². The van der Waals surface area contributed by atoms with Crippen LogP contribution in [0.4, 0.5) is 0 Å². The lowest BCUT2D eigenvalue weighted by Crippen LogP contribution is -2.43. The maximum Gasteiger partial charge on any atom is 0.328 e. The first-order valence-electron chi connectivity index (χ1n) is 9.73. The van der Waals surface area contributed by atoms with Gasteiger partial charge in [-0.1, -0.05) is 54.6 Å². The Labute approximate surface area is 165 Å². The third-order valence-corrected chi connectivity index (χ3v) is 5.07. The lowest BCUT2D eigenvalue weighted by molar-refractivity contribution is -0.152. The number of hydrogen-bond donors (Lipinski definition) is 1. The monoisotopic (exact) mass is 379 g/mol. The van der Waals surface area contributed by atoms with E-state index < -0.39 is 6.04 Å². The summed E-state index contributed by atoms with van der Waals surface area (Å²) in [6.07, 6.45) is 0. The number of fused-ring (bicyclic) bond motifs is 1. The summed E-state index contributed by atoms with van der Waals surface area (Å²) < 4.78 is 11.1. The molecule has 2 aromatic carbocycles. The molecule has 0 spiro atoms. The van der Waals surface area contributed by atoms with Crippen molar-refractivity contribution < 1.29 is 14.3 Å². The zero-order valence-corrected chi connectivity index (χ0v) is 15.8. The number of hydrogen-bond acceptors (Lipinski definition) is 6. The predicted octanol–water partition coefficient (Wildman–Crippen LogP) is 2.15. The second kappa shape index (κ2) is 8.99. The maximum absolute atomic E-state index is 12.9. The second-order valence-corrected chi connectivity index (χ2v) is 6.88. The number of rotatable bonds is 6. The molecule has 28 heavy (non-hydrogen) atoms. The molecule has 6 heteroatoms.